The predicted octanol–water partition coefficient (Wildman–Crippen LogP) is 7.34. The lowest BCUT2D eigenvalue weighted by atomic mass is 10.0. The molecular weight excluding hydrogens is 455 g/mol. The SMILES string of the molecule is O=C1c2ccccc2NC(c2ccc(OCc3ccccc3Cl)cc2)N1c1cccc(Cl)c1. The van der Waals surface area contributed by atoms with Crippen LogP contribution in [0, 0.1) is 0 Å². The summed E-state index contributed by atoms with van der Waals surface area (Å²) in [7, 11) is 0. The Morgan fingerprint density at radius 3 is 2.39 bits per heavy atom. The number of carbonyl (C=O) groups is 1. The molecule has 164 valence electrons. The van der Waals surface area contributed by atoms with Crippen LogP contribution in [0.3, 0.4) is 0 Å². The standard InChI is InChI=1S/C27H20Cl2N2O2/c28-20-7-5-8-21(16-20)31-26(30-25-11-4-2-9-23(25)27(31)32)18-12-14-22(15-13-18)33-17-19-6-1-3-10-24(19)29/h1-16,26,30H,17H2. The summed E-state index contributed by atoms with van der Waals surface area (Å²) in [5.41, 5.74) is 3.98. The van der Waals surface area contributed by atoms with Crippen molar-refractivity contribution in [1.82, 2.24) is 0 Å². The van der Waals surface area contributed by atoms with Crippen LogP contribution in [0.15, 0.2) is 97.1 Å². The fourth-order valence-corrected chi connectivity index (χ4v) is 4.28. The number of nitrogens with zero attached hydrogens (tertiary/aromatic N) is 1. The van der Waals surface area contributed by atoms with Crippen molar-refractivity contribution in [2.75, 3.05) is 10.2 Å². The van der Waals surface area contributed by atoms with E-state index in [1.807, 2.05) is 84.9 Å². The van der Waals surface area contributed by atoms with E-state index < -0.39 is 6.17 Å². The Balaban J connectivity index is 1.44. The molecule has 1 atom stereocenters. The van der Waals surface area contributed by atoms with Gasteiger partial charge in [0.05, 0.1) is 5.56 Å². The van der Waals surface area contributed by atoms with Crippen LogP contribution in [0.25, 0.3) is 0 Å². The Kier molecular flexibility index (Phi) is 5.95. The van der Waals surface area contributed by atoms with Crippen LogP contribution in [0.5, 0.6) is 5.75 Å². The van der Waals surface area contributed by atoms with E-state index in [2.05, 4.69) is 5.32 Å². The third kappa shape index (κ3) is 4.40. The van der Waals surface area contributed by atoms with E-state index in [1.165, 1.54) is 0 Å². The number of para-hydroxylation sites is 1. The maximum absolute atomic E-state index is 13.5. The lowest BCUT2D eigenvalue weighted by molar-refractivity contribution is 0.0975. The topological polar surface area (TPSA) is 41.6 Å². The summed E-state index contributed by atoms with van der Waals surface area (Å²) in [4.78, 5) is 15.2. The van der Waals surface area contributed by atoms with Gasteiger partial charge >= 0.3 is 0 Å². The normalized spacial score (nSPS) is 15.0. The maximum Gasteiger partial charge on any atom is 0.262 e. The summed E-state index contributed by atoms with van der Waals surface area (Å²) in [6.07, 6.45) is -0.400. The minimum Gasteiger partial charge on any atom is -0.489 e. The van der Waals surface area contributed by atoms with Crippen LogP contribution in [0.1, 0.15) is 27.7 Å². The molecule has 0 saturated carbocycles. The van der Waals surface area contributed by atoms with E-state index in [4.69, 9.17) is 27.9 Å². The highest BCUT2D eigenvalue weighted by Crippen LogP contribution is 2.37. The van der Waals surface area contributed by atoms with Gasteiger partial charge in [0, 0.05) is 27.0 Å². The van der Waals surface area contributed by atoms with Crippen molar-refractivity contribution in [1.29, 1.82) is 0 Å². The highest BCUT2D eigenvalue weighted by molar-refractivity contribution is 6.31. The molecule has 1 heterocycles. The van der Waals surface area contributed by atoms with Crippen molar-refractivity contribution >= 4 is 40.5 Å². The summed E-state index contributed by atoms with van der Waals surface area (Å²) in [6, 6.07) is 30.1. The first-order valence-electron chi connectivity index (χ1n) is 10.5. The first kappa shape index (κ1) is 21.4. The second-order valence-electron chi connectivity index (χ2n) is 7.70. The van der Waals surface area contributed by atoms with Gasteiger partial charge in [-0.1, -0.05) is 71.7 Å². The molecule has 0 saturated heterocycles. The third-order valence-corrected chi connectivity index (χ3v) is 6.16. The van der Waals surface area contributed by atoms with Gasteiger partial charge in [0.25, 0.3) is 5.91 Å². The van der Waals surface area contributed by atoms with Crippen molar-refractivity contribution in [3.63, 3.8) is 0 Å². The third-order valence-electron chi connectivity index (χ3n) is 5.56. The molecule has 0 aliphatic carbocycles. The average molecular weight is 475 g/mol. The number of anilines is 2. The van der Waals surface area contributed by atoms with E-state index in [0.717, 1.165) is 28.3 Å². The molecule has 4 nitrogen and oxygen atoms in total. The van der Waals surface area contributed by atoms with Crippen LogP contribution in [0.2, 0.25) is 10.0 Å². The van der Waals surface area contributed by atoms with Gasteiger partial charge in [0.2, 0.25) is 0 Å². The first-order chi connectivity index (χ1) is 16.1. The molecule has 0 bridgehead atoms. The predicted molar refractivity (Wildman–Crippen MR) is 133 cm³/mol. The summed E-state index contributed by atoms with van der Waals surface area (Å²) < 4.78 is 5.92. The second-order valence-corrected chi connectivity index (χ2v) is 8.54. The number of hydrogen-bond donors (Lipinski definition) is 1. The number of hydrogen-bond acceptors (Lipinski definition) is 3. The van der Waals surface area contributed by atoms with Crippen LogP contribution in [-0.2, 0) is 6.61 Å². The molecule has 0 aromatic heterocycles. The van der Waals surface area contributed by atoms with E-state index in [1.54, 1.807) is 17.0 Å². The van der Waals surface area contributed by atoms with Gasteiger partial charge in [0.1, 0.15) is 18.5 Å². The molecular formula is C27H20Cl2N2O2. The van der Waals surface area contributed by atoms with Gasteiger partial charge in [-0.25, -0.2) is 0 Å². The van der Waals surface area contributed by atoms with Gasteiger partial charge in [-0.15, -0.1) is 0 Å². The molecule has 0 radical (unpaired) electrons. The van der Waals surface area contributed by atoms with E-state index in [9.17, 15) is 4.79 Å². The Hall–Kier alpha value is -3.47. The summed E-state index contributed by atoms with van der Waals surface area (Å²) in [5.74, 6) is 0.631. The summed E-state index contributed by atoms with van der Waals surface area (Å²) in [6.45, 7) is 0.376. The molecule has 0 fully saturated rings. The summed E-state index contributed by atoms with van der Waals surface area (Å²) in [5, 5.41) is 4.75. The molecule has 4 aromatic rings. The second kappa shape index (κ2) is 9.18. The van der Waals surface area contributed by atoms with Crippen LogP contribution < -0.4 is 15.0 Å². The smallest absolute Gasteiger partial charge is 0.262 e. The van der Waals surface area contributed by atoms with Crippen molar-refractivity contribution in [2.24, 2.45) is 0 Å². The molecule has 0 spiro atoms. The summed E-state index contributed by atoms with van der Waals surface area (Å²) >= 11 is 12.5. The van der Waals surface area contributed by atoms with Crippen LogP contribution >= 0.6 is 23.2 Å². The number of benzene rings is 4. The molecule has 1 amide bonds. The van der Waals surface area contributed by atoms with Gasteiger partial charge in [-0.3, -0.25) is 9.69 Å². The van der Waals surface area contributed by atoms with Crippen molar-refractivity contribution < 1.29 is 9.53 Å². The minimum atomic E-state index is -0.400. The first-order valence-corrected chi connectivity index (χ1v) is 11.3. The fraction of sp³-hybridized carbons (Fsp3) is 0.0741. The molecule has 1 N–H and O–H groups in total. The van der Waals surface area contributed by atoms with Crippen molar-refractivity contribution in [3.8, 4) is 5.75 Å². The Bertz CT molecular complexity index is 1310. The lowest BCUT2D eigenvalue weighted by Crippen LogP contribution is -2.43. The Labute approximate surface area is 202 Å². The quantitative estimate of drug-likeness (QED) is 0.328. The number of halogens is 2. The van der Waals surface area contributed by atoms with Crippen molar-refractivity contribution in [3.05, 3.63) is 124 Å². The van der Waals surface area contributed by atoms with Gasteiger partial charge in [0.15, 0.2) is 0 Å². The molecule has 1 aliphatic heterocycles. The Morgan fingerprint density at radius 2 is 1.61 bits per heavy atom. The number of fused-ring (bicyclic) bond motifs is 1. The molecule has 4 aromatic carbocycles. The highest BCUT2D eigenvalue weighted by atomic mass is 35.5. The number of ether oxygens (including phenoxy) is 1. The minimum absolute atomic E-state index is 0.0873. The number of rotatable bonds is 5. The number of carbonyl (C=O) groups excluding carboxylic acids is 1. The largest absolute Gasteiger partial charge is 0.489 e. The monoisotopic (exact) mass is 474 g/mol. The molecule has 33 heavy (non-hydrogen) atoms. The van der Waals surface area contributed by atoms with Crippen LogP contribution in [-0.4, -0.2) is 5.91 Å². The van der Waals surface area contributed by atoms with Gasteiger partial charge in [-0.2, -0.15) is 0 Å². The van der Waals surface area contributed by atoms with Gasteiger partial charge in [-0.05, 0) is 54.1 Å². The Morgan fingerprint density at radius 1 is 0.848 bits per heavy atom. The van der Waals surface area contributed by atoms with E-state index in [-0.39, 0.29) is 5.91 Å². The fourth-order valence-electron chi connectivity index (χ4n) is 3.90. The molecule has 6 heteroatoms. The molecule has 1 aliphatic rings. The highest BCUT2D eigenvalue weighted by Gasteiger charge is 2.34. The molecule has 5 rings (SSSR count). The van der Waals surface area contributed by atoms with Crippen LogP contribution in [0.4, 0.5) is 11.4 Å². The van der Waals surface area contributed by atoms with Gasteiger partial charge < -0.3 is 10.1 Å². The van der Waals surface area contributed by atoms with E-state index >= 15 is 0 Å². The zero-order valence-corrected chi connectivity index (χ0v) is 19.1. The lowest BCUT2D eigenvalue weighted by Gasteiger charge is -2.38. The zero-order chi connectivity index (χ0) is 22.8. The number of nitrogens with one attached hydrogen (secondary N) is 1. The van der Waals surface area contributed by atoms with E-state index in [0.29, 0.717) is 22.2 Å². The average Bonchev–Trinajstić information content (AvgIpc) is 2.84. The molecule has 1 unspecified atom stereocenters. The zero-order valence-electron chi connectivity index (χ0n) is 17.5. The maximum atomic E-state index is 13.5. The van der Waals surface area contributed by atoms with Crippen molar-refractivity contribution in [2.45, 2.75) is 12.8 Å². The number of amides is 1.